The van der Waals surface area contributed by atoms with Crippen LogP contribution in [0.1, 0.15) is 38.3 Å². The number of nitrogens with one attached hydrogen (secondary N) is 1. The van der Waals surface area contributed by atoms with Gasteiger partial charge >= 0.3 is 0 Å². The highest BCUT2D eigenvalue weighted by Gasteiger charge is 2.22. The van der Waals surface area contributed by atoms with Gasteiger partial charge in [0.15, 0.2) is 0 Å². The molecule has 0 aromatic heterocycles. The fourth-order valence-electron chi connectivity index (χ4n) is 2.55. The van der Waals surface area contributed by atoms with E-state index >= 15 is 0 Å². The molecule has 1 aromatic rings. The standard InChI is InChI=1S/C15H21BrN2O/c1-11(10-18-9-3-4-15(18)19)17-12(2)13-5-7-14(16)8-6-13/h5-8,11-12,17H,3-4,9-10H2,1-2H3. The number of benzene rings is 1. The number of carbonyl (C=O) groups excluding carboxylic acids is 1. The lowest BCUT2D eigenvalue weighted by molar-refractivity contribution is -0.127. The monoisotopic (exact) mass is 324 g/mol. The van der Waals surface area contributed by atoms with E-state index in [-0.39, 0.29) is 0 Å². The fourth-order valence-corrected chi connectivity index (χ4v) is 2.82. The molecule has 1 aliphatic heterocycles. The lowest BCUT2D eigenvalue weighted by atomic mass is 10.1. The lowest BCUT2D eigenvalue weighted by Crippen LogP contribution is -2.40. The molecular weight excluding hydrogens is 304 g/mol. The van der Waals surface area contributed by atoms with Crippen LogP contribution in [0.3, 0.4) is 0 Å². The van der Waals surface area contributed by atoms with Crippen LogP contribution in [0, 0.1) is 0 Å². The molecule has 1 aliphatic rings. The van der Waals surface area contributed by atoms with Crippen molar-refractivity contribution < 1.29 is 4.79 Å². The Morgan fingerprint density at radius 1 is 1.32 bits per heavy atom. The van der Waals surface area contributed by atoms with Gasteiger partial charge in [-0.1, -0.05) is 28.1 Å². The van der Waals surface area contributed by atoms with Crippen molar-refractivity contribution in [3.63, 3.8) is 0 Å². The minimum Gasteiger partial charge on any atom is -0.341 e. The summed E-state index contributed by atoms with van der Waals surface area (Å²) in [4.78, 5) is 13.6. The van der Waals surface area contributed by atoms with Crippen LogP contribution in [-0.4, -0.2) is 29.9 Å². The van der Waals surface area contributed by atoms with Crippen LogP contribution in [0.4, 0.5) is 0 Å². The van der Waals surface area contributed by atoms with Gasteiger partial charge in [0.1, 0.15) is 0 Å². The van der Waals surface area contributed by atoms with Crippen molar-refractivity contribution in [2.75, 3.05) is 13.1 Å². The van der Waals surface area contributed by atoms with E-state index in [1.54, 1.807) is 0 Å². The summed E-state index contributed by atoms with van der Waals surface area (Å²) in [6.45, 7) is 6.02. The molecule has 2 atom stereocenters. The molecule has 2 rings (SSSR count). The van der Waals surface area contributed by atoms with E-state index in [4.69, 9.17) is 0 Å². The summed E-state index contributed by atoms with van der Waals surface area (Å²) in [6, 6.07) is 8.96. The average Bonchev–Trinajstić information content (AvgIpc) is 2.75. The van der Waals surface area contributed by atoms with Gasteiger partial charge in [-0.25, -0.2) is 0 Å². The Morgan fingerprint density at radius 2 is 2.00 bits per heavy atom. The van der Waals surface area contributed by atoms with Gasteiger partial charge in [0.25, 0.3) is 0 Å². The first-order chi connectivity index (χ1) is 9.06. The Morgan fingerprint density at radius 3 is 2.58 bits per heavy atom. The van der Waals surface area contributed by atoms with E-state index in [9.17, 15) is 4.79 Å². The van der Waals surface area contributed by atoms with Gasteiger partial charge in [-0.05, 0) is 38.0 Å². The molecule has 3 nitrogen and oxygen atoms in total. The Bertz CT molecular complexity index is 432. The minimum atomic E-state index is 0.292. The average molecular weight is 325 g/mol. The van der Waals surface area contributed by atoms with Gasteiger partial charge in [-0.2, -0.15) is 0 Å². The molecule has 104 valence electrons. The summed E-state index contributed by atoms with van der Waals surface area (Å²) in [5, 5.41) is 3.55. The van der Waals surface area contributed by atoms with Crippen molar-refractivity contribution in [1.29, 1.82) is 0 Å². The summed E-state index contributed by atoms with van der Waals surface area (Å²) < 4.78 is 1.10. The van der Waals surface area contributed by atoms with Crippen LogP contribution in [0.5, 0.6) is 0 Å². The van der Waals surface area contributed by atoms with Crippen LogP contribution in [0.15, 0.2) is 28.7 Å². The van der Waals surface area contributed by atoms with Crippen molar-refractivity contribution in [3.05, 3.63) is 34.3 Å². The third kappa shape index (κ3) is 4.05. The molecule has 0 radical (unpaired) electrons. The zero-order chi connectivity index (χ0) is 13.8. The third-order valence-corrected chi connectivity index (χ3v) is 4.10. The third-order valence-electron chi connectivity index (χ3n) is 3.57. The largest absolute Gasteiger partial charge is 0.341 e. The van der Waals surface area contributed by atoms with Crippen LogP contribution in [-0.2, 0) is 4.79 Å². The zero-order valence-electron chi connectivity index (χ0n) is 11.5. The summed E-state index contributed by atoms with van der Waals surface area (Å²) in [6.07, 6.45) is 1.73. The topological polar surface area (TPSA) is 32.3 Å². The summed E-state index contributed by atoms with van der Waals surface area (Å²) in [7, 11) is 0. The van der Waals surface area contributed by atoms with Crippen LogP contribution >= 0.6 is 15.9 Å². The smallest absolute Gasteiger partial charge is 0.222 e. The molecule has 1 aromatic carbocycles. The number of rotatable bonds is 5. The number of hydrogen-bond donors (Lipinski definition) is 1. The fraction of sp³-hybridized carbons (Fsp3) is 0.533. The maximum atomic E-state index is 11.6. The molecule has 0 saturated carbocycles. The number of likely N-dealkylation sites (tertiary alicyclic amines) is 1. The van der Waals surface area contributed by atoms with Crippen molar-refractivity contribution >= 4 is 21.8 Å². The Kier molecular flexibility index (Phi) is 4.99. The Hall–Kier alpha value is -0.870. The van der Waals surface area contributed by atoms with Gasteiger partial charge in [0, 0.05) is 36.1 Å². The molecule has 1 amide bonds. The second-order valence-corrected chi connectivity index (χ2v) is 6.20. The maximum Gasteiger partial charge on any atom is 0.222 e. The van der Waals surface area contributed by atoms with Crippen LogP contribution in [0.25, 0.3) is 0 Å². The van der Waals surface area contributed by atoms with E-state index in [2.05, 4.69) is 59.4 Å². The molecule has 1 N–H and O–H groups in total. The number of hydrogen-bond acceptors (Lipinski definition) is 2. The quantitative estimate of drug-likeness (QED) is 0.902. The molecule has 1 fully saturated rings. The number of nitrogens with zero attached hydrogens (tertiary/aromatic N) is 1. The molecule has 4 heteroatoms. The van der Waals surface area contributed by atoms with Crippen molar-refractivity contribution in [2.24, 2.45) is 0 Å². The van der Waals surface area contributed by atoms with E-state index in [1.165, 1.54) is 5.56 Å². The summed E-state index contributed by atoms with van der Waals surface area (Å²) >= 11 is 3.45. The minimum absolute atomic E-state index is 0.292. The predicted octanol–water partition coefficient (Wildman–Crippen LogP) is 3.11. The van der Waals surface area contributed by atoms with Gasteiger partial charge < -0.3 is 10.2 Å². The molecule has 1 saturated heterocycles. The second-order valence-electron chi connectivity index (χ2n) is 5.28. The molecule has 1 heterocycles. The first kappa shape index (κ1) is 14.5. The van der Waals surface area contributed by atoms with Crippen LogP contribution < -0.4 is 5.32 Å². The summed E-state index contributed by atoms with van der Waals surface area (Å²) in [5.41, 5.74) is 1.27. The first-order valence-electron chi connectivity index (χ1n) is 6.85. The van der Waals surface area contributed by atoms with Gasteiger partial charge in [-0.15, -0.1) is 0 Å². The SMILES string of the molecule is CC(CN1CCCC1=O)NC(C)c1ccc(Br)cc1. The highest BCUT2D eigenvalue weighted by atomic mass is 79.9. The number of halogens is 1. The van der Waals surface area contributed by atoms with Gasteiger partial charge in [-0.3, -0.25) is 4.79 Å². The zero-order valence-corrected chi connectivity index (χ0v) is 13.1. The first-order valence-corrected chi connectivity index (χ1v) is 7.65. The lowest BCUT2D eigenvalue weighted by Gasteiger charge is -2.25. The van der Waals surface area contributed by atoms with Crippen molar-refractivity contribution in [2.45, 2.75) is 38.8 Å². The second kappa shape index (κ2) is 6.53. The molecule has 2 unspecified atom stereocenters. The van der Waals surface area contributed by atoms with Crippen molar-refractivity contribution in [3.8, 4) is 0 Å². The summed E-state index contributed by atoms with van der Waals surface area (Å²) in [5.74, 6) is 0.296. The van der Waals surface area contributed by atoms with Crippen molar-refractivity contribution in [1.82, 2.24) is 10.2 Å². The highest BCUT2D eigenvalue weighted by Crippen LogP contribution is 2.17. The van der Waals surface area contributed by atoms with E-state index in [0.29, 0.717) is 18.0 Å². The maximum absolute atomic E-state index is 11.6. The van der Waals surface area contributed by atoms with Gasteiger partial charge in [0.05, 0.1) is 0 Å². The molecule has 0 aliphatic carbocycles. The van der Waals surface area contributed by atoms with E-state index < -0.39 is 0 Å². The van der Waals surface area contributed by atoms with Gasteiger partial charge in [0.2, 0.25) is 5.91 Å². The number of amides is 1. The molecule has 0 spiro atoms. The Balaban J connectivity index is 1.85. The highest BCUT2D eigenvalue weighted by molar-refractivity contribution is 9.10. The predicted molar refractivity (Wildman–Crippen MR) is 81.0 cm³/mol. The normalized spacial score (nSPS) is 18.7. The number of carbonyl (C=O) groups is 1. The molecule has 19 heavy (non-hydrogen) atoms. The Labute approximate surface area is 123 Å². The molecular formula is C15H21BrN2O. The van der Waals surface area contributed by atoms with E-state index in [0.717, 1.165) is 30.4 Å². The van der Waals surface area contributed by atoms with Crippen LogP contribution in [0.2, 0.25) is 0 Å². The molecule has 0 bridgehead atoms. The van der Waals surface area contributed by atoms with E-state index in [1.807, 2.05) is 4.90 Å².